The second-order valence-corrected chi connectivity index (χ2v) is 4.08. The molecular formula is C11H16N2O. The van der Waals surface area contributed by atoms with Gasteiger partial charge in [0, 0.05) is 6.61 Å². The summed E-state index contributed by atoms with van der Waals surface area (Å²) in [5.74, 6) is 2.65. The Kier molecular flexibility index (Phi) is 3.52. The van der Waals surface area contributed by atoms with Crippen LogP contribution >= 0.6 is 0 Å². The van der Waals surface area contributed by atoms with Crippen molar-refractivity contribution in [2.24, 2.45) is 0 Å². The minimum Gasteiger partial charge on any atom is -0.376 e. The minimum atomic E-state index is -0.594. The van der Waals surface area contributed by atoms with Gasteiger partial charge in [0.25, 0.3) is 0 Å². The molecule has 1 saturated heterocycles. The average Bonchev–Trinajstić information content (AvgIpc) is 2.67. The molecule has 14 heavy (non-hydrogen) atoms. The predicted molar refractivity (Wildman–Crippen MR) is 54.4 cm³/mol. The first-order valence-electron chi connectivity index (χ1n) is 4.86. The summed E-state index contributed by atoms with van der Waals surface area (Å²) in [6, 6.07) is 2.01. The first-order valence-corrected chi connectivity index (χ1v) is 4.86. The first kappa shape index (κ1) is 11.0. The molecule has 0 aromatic carbocycles. The lowest BCUT2D eigenvalue weighted by atomic mass is 10.0. The lowest BCUT2D eigenvalue weighted by molar-refractivity contribution is 0.0885. The summed E-state index contributed by atoms with van der Waals surface area (Å²) in [6.07, 6.45) is 7.50. The Morgan fingerprint density at radius 3 is 2.79 bits per heavy atom. The molecular weight excluding hydrogens is 176 g/mol. The van der Waals surface area contributed by atoms with Crippen molar-refractivity contribution in [2.45, 2.75) is 44.4 Å². The highest BCUT2D eigenvalue weighted by atomic mass is 16.5. The van der Waals surface area contributed by atoms with Crippen LogP contribution in [0.1, 0.15) is 26.7 Å². The highest BCUT2D eigenvalue weighted by Crippen LogP contribution is 2.17. The van der Waals surface area contributed by atoms with Crippen LogP contribution in [0.4, 0.5) is 0 Å². The number of nitrogens with zero attached hydrogens (tertiary/aromatic N) is 1. The van der Waals surface area contributed by atoms with Crippen LogP contribution in [-0.4, -0.2) is 24.3 Å². The van der Waals surface area contributed by atoms with E-state index in [1.807, 2.05) is 13.8 Å². The van der Waals surface area contributed by atoms with Gasteiger partial charge in [0.05, 0.1) is 18.2 Å². The van der Waals surface area contributed by atoms with Gasteiger partial charge in [-0.3, -0.25) is 5.32 Å². The molecule has 76 valence electrons. The SMILES string of the molecule is C#CC(NC(C)(C)C#N)C1CCCO1. The summed E-state index contributed by atoms with van der Waals surface area (Å²) in [5, 5.41) is 12.0. The fraction of sp³-hybridized carbons (Fsp3) is 0.727. The smallest absolute Gasteiger partial charge is 0.102 e. The minimum absolute atomic E-state index is 0.0626. The second kappa shape index (κ2) is 4.46. The maximum Gasteiger partial charge on any atom is 0.102 e. The largest absolute Gasteiger partial charge is 0.376 e. The van der Waals surface area contributed by atoms with Gasteiger partial charge in [-0.05, 0) is 26.7 Å². The molecule has 0 saturated carbocycles. The van der Waals surface area contributed by atoms with Crippen LogP contribution in [0.5, 0.6) is 0 Å². The fourth-order valence-electron chi connectivity index (χ4n) is 1.53. The van der Waals surface area contributed by atoms with Gasteiger partial charge in [-0.25, -0.2) is 0 Å². The van der Waals surface area contributed by atoms with Crippen molar-refractivity contribution in [1.29, 1.82) is 5.26 Å². The lowest BCUT2D eigenvalue weighted by Crippen LogP contribution is -2.49. The molecule has 1 N–H and O–H groups in total. The van der Waals surface area contributed by atoms with Crippen molar-refractivity contribution < 1.29 is 4.74 Å². The van der Waals surface area contributed by atoms with Crippen LogP contribution in [0.3, 0.4) is 0 Å². The fourth-order valence-corrected chi connectivity index (χ4v) is 1.53. The van der Waals surface area contributed by atoms with Crippen LogP contribution in [0.25, 0.3) is 0 Å². The number of hydrogen-bond acceptors (Lipinski definition) is 3. The van der Waals surface area contributed by atoms with Crippen molar-refractivity contribution in [3.63, 3.8) is 0 Å². The molecule has 3 heteroatoms. The Balaban J connectivity index is 2.56. The third-order valence-corrected chi connectivity index (χ3v) is 2.31. The van der Waals surface area contributed by atoms with Crippen LogP contribution in [0.2, 0.25) is 0 Å². The van der Waals surface area contributed by atoms with Crippen molar-refractivity contribution in [1.82, 2.24) is 5.32 Å². The van der Waals surface area contributed by atoms with Crippen molar-refractivity contribution in [3.05, 3.63) is 0 Å². The summed E-state index contributed by atoms with van der Waals surface area (Å²) >= 11 is 0. The number of nitriles is 1. The third kappa shape index (κ3) is 2.73. The zero-order valence-corrected chi connectivity index (χ0v) is 8.71. The van der Waals surface area contributed by atoms with E-state index in [4.69, 9.17) is 16.4 Å². The lowest BCUT2D eigenvalue weighted by Gasteiger charge is -2.26. The molecule has 1 aliphatic rings. The van der Waals surface area contributed by atoms with Gasteiger partial charge in [-0.2, -0.15) is 5.26 Å². The highest BCUT2D eigenvalue weighted by molar-refractivity contribution is 5.11. The zero-order valence-electron chi connectivity index (χ0n) is 8.71. The summed E-state index contributed by atoms with van der Waals surface area (Å²) < 4.78 is 5.48. The van der Waals surface area contributed by atoms with E-state index in [1.165, 1.54) is 0 Å². The third-order valence-electron chi connectivity index (χ3n) is 2.31. The molecule has 3 nitrogen and oxygen atoms in total. The Hall–Kier alpha value is -1.03. The standard InChI is InChI=1S/C11H16N2O/c1-4-9(10-6-5-7-14-10)13-11(2,3)8-12/h1,9-10,13H,5-7H2,2-3H3. The van der Waals surface area contributed by atoms with Gasteiger partial charge >= 0.3 is 0 Å². The second-order valence-electron chi connectivity index (χ2n) is 4.08. The van der Waals surface area contributed by atoms with Gasteiger partial charge in [-0.1, -0.05) is 5.92 Å². The molecule has 0 aromatic heterocycles. The van der Waals surface area contributed by atoms with Crippen LogP contribution in [0, 0.1) is 23.7 Å². The van der Waals surface area contributed by atoms with Crippen molar-refractivity contribution >= 4 is 0 Å². The van der Waals surface area contributed by atoms with E-state index in [2.05, 4.69) is 17.3 Å². The summed E-state index contributed by atoms with van der Waals surface area (Å²) in [6.45, 7) is 4.40. The normalized spacial score (nSPS) is 23.9. The first-order chi connectivity index (χ1) is 6.59. The highest BCUT2D eigenvalue weighted by Gasteiger charge is 2.29. The van der Waals surface area contributed by atoms with Gasteiger partial charge in [0.15, 0.2) is 0 Å². The van der Waals surface area contributed by atoms with Crippen LogP contribution in [0.15, 0.2) is 0 Å². The number of nitrogens with one attached hydrogen (secondary N) is 1. The van der Waals surface area contributed by atoms with Crippen LogP contribution < -0.4 is 5.32 Å². The van der Waals surface area contributed by atoms with E-state index in [0.29, 0.717) is 0 Å². The molecule has 0 bridgehead atoms. The van der Waals surface area contributed by atoms with Gasteiger partial charge < -0.3 is 4.74 Å². The molecule has 1 fully saturated rings. The summed E-state index contributed by atoms with van der Waals surface area (Å²) in [7, 11) is 0. The van der Waals surface area contributed by atoms with E-state index >= 15 is 0 Å². The Labute approximate surface area is 85.4 Å². The maximum atomic E-state index is 8.86. The van der Waals surface area contributed by atoms with E-state index in [-0.39, 0.29) is 12.1 Å². The van der Waals surface area contributed by atoms with E-state index in [1.54, 1.807) is 0 Å². The number of rotatable bonds is 3. The Bertz CT molecular complexity index is 266. The molecule has 2 unspecified atom stereocenters. The Morgan fingerprint density at radius 2 is 2.36 bits per heavy atom. The van der Waals surface area contributed by atoms with E-state index in [0.717, 1.165) is 19.4 Å². The van der Waals surface area contributed by atoms with Gasteiger partial charge in [-0.15, -0.1) is 6.42 Å². The van der Waals surface area contributed by atoms with Crippen molar-refractivity contribution in [2.75, 3.05) is 6.61 Å². The predicted octanol–water partition coefficient (Wildman–Crippen LogP) is 1.06. The van der Waals surface area contributed by atoms with Crippen molar-refractivity contribution in [3.8, 4) is 18.4 Å². The Morgan fingerprint density at radius 1 is 1.64 bits per heavy atom. The molecule has 0 aromatic rings. The molecule has 0 amide bonds. The number of ether oxygens (including phenoxy) is 1. The molecule has 0 aliphatic carbocycles. The van der Waals surface area contributed by atoms with E-state index < -0.39 is 5.54 Å². The average molecular weight is 192 g/mol. The molecule has 0 spiro atoms. The number of terminal acetylenes is 1. The summed E-state index contributed by atoms with van der Waals surface area (Å²) in [4.78, 5) is 0. The monoisotopic (exact) mass is 192 g/mol. The zero-order chi connectivity index (χ0) is 10.6. The summed E-state index contributed by atoms with van der Waals surface area (Å²) in [5.41, 5.74) is -0.594. The number of hydrogen-bond donors (Lipinski definition) is 1. The van der Waals surface area contributed by atoms with Gasteiger partial charge in [0.2, 0.25) is 0 Å². The van der Waals surface area contributed by atoms with Gasteiger partial charge in [0.1, 0.15) is 5.54 Å². The maximum absolute atomic E-state index is 8.86. The van der Waals surface area contributed by atoms with Crippen LogP contribution in [-0.2, 0) is 4.74 Å². The molecule has 1 aliphatic heterocycles. The van der Waals surface area contributed by atoms with E-state index in [9.17, 15) is 0 Å². The molecule has 1 rings (SSSR count). The molecule has 0 radical (unpaired) electrons. The molecule has 1 heterocycles. The topological polar surface area (TPSA) is 45.0 Å². The molecule has 2 atom stereocenters. The quantitative estimate of drug-likeness (QED) is 0.680.